The van der Waals surface area contributed by atoms with Gasteiger partial charge in [-0.2, -0.15) is 0 Å². The van der Waals surface area contributed by atoms with Gasteiger partial charge < -0.3 is 14.6 Å². The molecule has 0 aliphatic carbocycles. The van der Waals surface area contributed by atoms with Gasteiger partial charge in [0.2, 0.25) is 0 Å². The maximum absolute atomic E-state index is 13.4. The van der Waals surface area contributed by atoms with Crippen molar-refractivity contribution in [2.24, 2.45) is 0 Å². The first kappa shape index (κ1) is 14.8. The Morgan fingerprint density at radius 3 is 2.15 bits per heavy atom. The summed E-state index contributed by atoms with van der Waals surface area (Å²) in [4.78, 5) is 0. The Kier molecular flexibility index (Phi) is 4.62. The molecule has 0 amide bonds. The number of rotatable bonds is 4. The Balaban J connectivity index is 2.53. The van der Waals surface area contributed by atoms with Crippen LogP contribution in [-0.2, 0) is 0 Å². The van der Waals surface area contributed by atoms with Gasteiger partial charge >= 0.3 is 0 Å². The van der Waals surface area contributed by atoms with Gasteiger partial charge in [-0.15, -0.1) is 0 Å². The van der Waals surface area contributed by atoms with Crippen LogP contribution in [0.4, 0.5) is 4.39 Å². The third-order valence-corrected chi connectivity index (χ3v) is 3.47. The SMILES string of the molecule is COc1ccc(F)cc1C(O)c1cc(Br)ccc1OC. The third-order valence-electron chi connectivity index (χ3n) is 2.97. The summed E-state index contributed by atoms with van der Waals surface area (Å²) >= 11 is 3.34. The molecule has 0 fully saturated rings. The molecule has 5 heteroatoms. The third kappa shape index (κ3) is 2.94. The van der Waals surface area contributed by atoms with Crippen LogP contribution >= 0.6 is 15.9 Å². The molecule has 0 saturated carbocycles. The van der Waals surface area contributed by atoms with Gasteiger partial charge in [0.05, 0.1) is 14.2 Å². The number of hydrogen-bond donors (Lipinski definition) is 1. The molecule has 2 aromatic rings. The van der Waals surface area contributed by atoms with Crippen molar-refractivity contribution in [3.8, 4) is 11.5 Å². The molecule has 0 aromatic heterocycles. The second-order valence-corrected chi connectivity index (χ2v) is 5.09. The van der Waals surface area contributed by atoms with E-state index < -0.39 is 11.9 Å². The predicted octanol–water partition coefficient (Wildman–Crippen LogP) is 3.69. The zero-order valence-corrected chi connectivity index (χ0v) is 12.6. The lowest BCUT2D eigenvalue weighted by molar-refractivity contribution is 0.209. The summed E-state index contributed by atoms with van der Waals surface area (Å²) in [7, 11) is 2.99. The Morgan fingerprint density at radius 2 is 1.55 bits per heavy atom. The van der Waals surface area contributed by atoms with Crippen molar-refractivity contribution in [3.63, 3.8) is 0 Å². The van der Waals surface area contributed by atoms with Gasteiger partial charge in [-0.25, -0.2) is 4.39 Å². The van der Waals surface area contributed by atoms with Gasteiger partial charge in [0, 0.05) is 15.6 Å². The monoisotopic (exact) mass is 340 g/mol. The van der Waals surface area contributed by atoms with Crippen molar-refractivity contribution < 1.29 is 19.0 Å². The second kappa shape index (κ2) is 6.24. The molecular formula is C15H14BrFO3. The molecule has 1 atom stereocenters. The molecule has 1 unspecified atom stereocenters. The molecule has 0 bridgehead atoms. The van der Waals surface area contributed by atoms with Crippen LogP contribution in [0.5, 0.6) is 11.5 Å². The van der Waals surface area contributed by atoms with Crippen LogP contribution in [0.2, 0.25) is 0 Å². The Morgan fingerprint density at radius 1 is 1.00 bits per heavy atom. The summed E-state index contributed by atoms with van der Waals surface area (Å²) in [6.45, 7) is 0. The van der Waals surface area contributed by atoms with Crippen LogP contribution < -0.4 is 9.47 Å². The maximum Gasteiger partial charge on any atom is 0.125 e. The van der Waals surface area contributed by atoms with E-state index in [1.165, 1.54) is 32.4 Å². The van der Waals surface area contributed by atoms with Gasteiger partial charge in [0.1, 0.15) is 23.4 Å². The fourth-order valence-electron chi connectivity index (χ4n) is 2.01. The zero-order chi connectivity index (χ0) is 14.7. The minimum Gasteiger partial charge on any atom is -0.496 e. The minimum absolute atomic E-state index is 0.351. The van der Waals surface area contributed by atoms with E-state index in [1.54, 1.807) is 18.2 Å². The molecule has 2 aromatic carbocycles. The highest BCUT2D eigenvalue weighted by Crippen LogP contribution is 2.36. The van der Waals surface area contributed by atoms with Crippen LogP contribution in [0.15, 0.2) is 40.9 Å². The van der Waals surface area contributed by atoms with Crippen molar-refractivity contribution in [3.05, 3.63) is 57.8 Å². The largest absolute Gasteiger partial charge is 0.496 e. The fourth-order valence-corrected chi connectivity index (χ4v) is 2.38. The molecular weight excluding hydrogens is 327 g/mol. The van der Waals surface area contributed by atoms with Crippen LogP contribution in [0.25, 0.3) is 0 Å². The average Bonchev–Trinajstić information content (AvgIpc) is 2.46. The summed E-state index contributed by atoms with van der Waals surface area (Å²) < 4.78 is 24.6. The molecule has 0 radical (unpaired) electrons. The second-order valence-electron chi connectivity index (χ2n) is 4.18. The Bertz CT molecular complexity index is 563. The van der Waals surface area contributed by atoms with Gasteiger partial charge in [-0.05, 0) is 36.4 Å². The molecule has 0 saturated heterocycles. The first-order valence-electron chi connectivity index (χ1n) is 5.91. The topological polar surface area (TPSA) is 38.7 Å². The molecule has 0 aliphatic rings. The fraction of sp³-hybridized carbons (Fsp3) is 0.200. The molecule has 20 heavy (non-hydrogen) atoms. The molecule has 1 N–H and O–H groups in total. The highest BCUT2D eigenvalue weighted by molar-refractivity contribution is 9.10. The summed E-state index contributed by atoms with van der Waals surface area (Å²) in [5.74, 6) is 0.502. The molecule has 3 nitrogen and oxygen atoms in total. The smallest absolute Gasteiger partial charge is 0.125 e. The van der Waals surface area contributed by atoms with Crippen LogP contribution in [-0.4, -0.2) is 19.3 Å². The average molecular weight is 341 g/mol. The normalized spacial score (nSPS) is 12.1. The van der Waals surface area contributed by atoms with E-state index in [-0.39, 0.29) is 0 Å². The van der Waals surface area contributed by atoms with Gasteiger partial charge in [-0.3, -0.25) is 0 Å². The summed E-state index contributed by atoms with van der Waals surface area (Å²) in [6.07, 6.45) is -1.05. The maximum atomic E-state index is 13.4. The zero-order valence-electron chi connectivity index (χ0n) is 11.1. The molecule has 0 aliphatic heterocycles. The lowest BCUT2D eigenvalue weighted by Crippen LogP contribution is -2.05. The van der Waals surface area contributed by atoms with Crippen molar-refractivity contribution in [2.45, 2.75) is 6.10 Å². The molecule has 106 valence electrons. The van der Waals surface area contributed by atoms with Crippen molar-refractivity contribution in [2.75, 3.05) is 14.2 Å². The van der Waals surface area contributed by atoms with Crippen molar-refractivity contribution in [1.82, 2.24) is 0 Å². The molecule has 0 heterocycles. The lowest BCUT2D eigenvalue weighted by atomic mass is 9.99. The molecule has 2 rings (SSSR count). The first-order chi connectivity index (χ1) is 9.56. The standard InChI is InChI=1S/C15H14BrFO3/c1-19-13-5-3-9(16)7-11(13)15(18)12-8-10(17)4-6-14(12)20-2/h3-8,15,18H,1-2H3. The van der Waals surface area contributed by atoms with Gasteiger partial charge in [0.25, 0.3) is 0 Å². The summed E-state index contributed by atoms with van der Waals surface area (Å²) in [6, 6.07) is 9.29. The van der Waals surface area contributed by atoms with E-state index in [9.17, 15) is 9.50 Å². The highest BCUT2D eigenvalue weighted by atomic mass is 79.9. The van der Waals surface area contributed by atoms with E-state index >= 15 is 0 Å². The Hall–Kier alpha value is -1.59. The lowest BCUT2D eigenvalue weighted by Gasteiger charge is -2.18. The Labute approximate surface area is 125 Å². The summed E-state index contributed by atoms with van der Waals surface area (Å²) in [5.41, 5.74) is 0.884. The van der Waals surface area contributed by atoms with Crippen LogP contribution in [0.3, 0.4) is 0 Å². The number of methoxy groups -OCH3 is 2. The first-order valence-corrected chi connectivity index (χ1v) is 6.71. The minimum atomic E-state index is -1.05. The highest BCUT2D eigenvalue weighted by Gasteiger charge is 2.20. The van der Waals surface area contributed by atoms with E-state index in [4.69, 9.17) is 9.47 Å². The van der Waals surface area contributed by atoms with E-state index in [2.05, 4.69) is 15.9 Å². The quantitative estimate of drug-likeness (QED) is 0.922. The number of hydrogen-bond acceptors (Lipinski definition) is 3. The van der Waals surface area contributed by atoms with Crippen LogP contribution in [0, 0.1) is 5.82 Å². The van der Waals surface area contributed by atoms with Crippen molar-refractivity contribution >= 4 is 15.9 Å². The van der Waals surface area contributed by atoms with E-state index in [0.717, 1.165) is 4.47 Å². The van der Waals surface area contributed by atoms with Gasteiger partial charge in [-0.1, -0.05) is 15.9 Å². The number of halogens is 2. The van der Waals surface area contributed by atoms with Crippen molar-refractivity contribution in [1.29, 1.82) is 0 Å². The van der Waals surface area contributed by atoms with Gasteiger partial charge in [0.15, 0.2) is 0 Å². The van der Waals surface area contributed by atoms with E-state index in [0.29, 0.717) is 22.6 Å². The number of aliphatic hydroxyl groups is 1. The number of benzene rings is 2. The van der Waals surface area contributed by atoms with E-state index in [1.807, 2.05) is 0 Å². The number of aliphatic hydroxyl groups excluding tert-OH is 1. The van der Waals surface area contributed by atoms with Crippen LogP contribution in [0.1, 0.15) is 17.2 Å². The predicted molar refractivity (Wildman–Crippen MR) is 77.7 cm³/mol. The number of ether oxygens (including phenoxy) is 2. The summed E-state index contributed by atoms with van der Waals surface area (Å²) in [5, 5.41) is 10.5. The molecule has 0 spiro atoms.